The third-order valence-electron chi connectivity index (χ3n) is 3.64. The smallest absolute Gasteiger partial charge is 0.159 e. The van der Waals surface area contributed by atoms with Crippen molar-refractivity contribution in [1.29, 1.82) is 0 Å². The minimum Gasteiger partial charge on any atom is -0.496 e. The minimum atomic E-state index is 0.1000. The Balaban J connectivity index is 2.16. The maximum atomic E-state index is 11.5. The zero-order valence-corrected chi connectivity index (χ0v) is 12.6. The number of ether oxygens (including phenoxy) is 1. The van der Waals surface area contributed by atoms with Crippen LogP contribution in [-0.2, 0) is 6.54 Å². The first-order chi connectivity index (χ1) is 9.11. The number of thioether (sulfide) groups is 1. The summed E-state index contributed by atoms with van der Waals surface area (Å²) >= 11 is 2.01. The van der Waals surface area contributed by atoms with E-state index in [2.05, 4.69) is 11.9 Å². The van der Waals surface area contributed by atoms with E-state index in [0.717, 1.165) is 23.4 Å². The van der Waals surface area contributed by atoms with E-state index in [1.165, 1.54) is 17.9 Å². The molecule has 104 valence electrons. The lowest BCUT2D eigenvalue weighted by atomic mass is 10.1. The number of hydrogen-bond donors (Lipinski definition) is 0. The van der Waals surface area contributed by atoms with Crippen molar-refractivity contribution in [1.82, 2.24) is 4.90 Å². The molecular weight excluding hydrogens is 258 g/mol. The second kappa shape index (κ2) is 6.44. The lowest BCUT2D eigenvalue weighted by Crippen LogP contribution is -2.31. The third-order valence-corrected chi connectivity index (χ3v) is 4.78. The minimum absolute atomic E-state index is 0.1000. The lowest BCUT2D eigenvalue weighted by molar-refractivity contribution is 0.101. The molecule has 1 saturated heterocycles. The first kappa shape index (κ1) is 14.4. The van der Waals surface area contributed by atoms with E-state index >= 15 is 0 Å². The Morgan fingerprint density at radius 1 is 1.53 bits per heavy atom. The van der Waals surface area contributed by atoms with E-state index in [4.69, 9.17) is 4.74 Å². The SMILES string of the molecule is COc1ccc(C(C)=O)cc1CN(C)C1CCSC1. The summed E-state index contributed by atoms with van der Waals surface area (Å²) in [7, 11) is 3.83. The average molecular weight is 279 g/mol. The van der Waals surface area contributed by atoms with Gasteiger partial charge < -0.3 is 4.74 Å². The van der Waals surface area contributed by atoms with Crippen LogP contribution in [0.4, 0.5) is 0 Å². The molecule has 1 fully saturated rings. The van der Waals surface area contributed by atoms with Crippen molar-refractivity contribution >= 4 is 17.5 Å². The second-order valence-electron chi connectivity index (χ2n) is 5.02. The Labute approximate surface area is 119 Å². The van der Waals surface area contributed by atoms with Gasteiger partial charge in [0.25, 0.3) is 0 Å². The molecule has 0 aliphatic carbocycles. The fourth-order valence-electron chi connectivity index (χ4n) is 2.39. The number of Topliss-reactive ketones (excluding diaryl/α,β-unsaturated/α-hetero) is 1. The molecule has 0 N–H and O–H groups in total. The van der Waals surface area contributed by atoms with E-state index < -0.39 is 0 Å². The first-order valence-electron chi connectivity index (χ1n) is 6.57. The Bertz CT molecular complexity index is 455. The maximum Gasteiger partial charge on any atom is 0.159 e. The van der Waals surface area contributed by atoms with Crippen molar-refractivity contribution < 1.29 is 9.53 Å². The summed E-state index contributed by atoms with van der Waals surface area (Å²) in [5.41, 5.74) is 1.85. The number of methoxy groups -OCH3 is 1. The molecule has 1 aliphatic heterocycles. The Morgan fingerprint density at radius 3 is 2.89 bits per heavy atom. The summed E-state index contributed by atoms with van der Waals surface area (Å²) in [5.74, 6) is 3.41. The third kappa shape index (κ3) is 3.51. The molecule has 0 saturated carbocycles. The summed E-state index contributed by atoms with van der Waals surface area (Å²) in [5, 5.41) is 0. The van der Waals surface area contributed by atoms with Gasteiger partial charge in [0, 0.05) is 29.5 Å². The van der Waals surface area contributed by atoms with Gasteiger partial charge in [0.05, 0.1) is 7.11 Å². The summed E-state index contributed by atoms with van der Waals surface area (Å²) in [6.45, 7) is 2.43. The summed E-state index contributed by atoms with van der Waals surface area (Å²) < 4.78 is 5.40. The highest BCUT2D eigenvalue weighted by molar-refractivity contribution is 7.99. The number of rotatable bonds is 5. The van der Waals surface area contributed by atoms with Gasteiger partial charge in [-0.05, 0) is 44.3 Å². The fraction of sp³-hybridized carbons (Fsp3) is 0.533. The predicted octanol–water partition coefficient (Wildman–Crippen LogP) is 2.84. The zero-order valence-electron chi connectivity index (χ0n) is 11.8. The highest BCUT2D eigenvalue weighted by Gasteiger charge is 2.21. The van der Waals surface area contributed by atoms with Gasteiger partial charge in [-0.2, -0.15) is 11.8 Å². The van der Waals surface area contributed by atoms with E-state index in [9.17, 15) is 4.79 Å². The normalized spacial score (nSPS) is 18.8. The quantitative estimate of drug-likeness (QED) is 0.775. The van der Waals surface area contributed by atoms with Crippen LogP contribution in [0.2, 0.25) is 0 Å². The fourth-order valence-corrected chi connectivity index (χ4v) is 3.69. The monoisotopic (exact) mass is 279 g/mol. The van der Waals surface area contributed by atoms with Crippen molar-refractivity contribution in [2.75, 3.05) is 25.7 Å². The molecule has 1 aliphatic rings. The van der Waals surface area contributed by atoms with Crippen LogP contribution < -0.4 is 4.74 Å². The van der Waals surface area contributed by atoms with Crippen molar-refractivity contribution in [3.8, 4) is 5.75 Å². The van der Waals surface area contributed by atoms with E-state index in [0.29, 0.717) is 6.04 Å². The molecule has 0 spiro atoms. The highest BCUT2D eigenvalue weighted by Crippen LogP contribution is 2.26. The van der Waals surface area contributed by atoms with Crippen LogP contribution in [0, 0.1) is 0 Å². The lowest BCUT2D eigenvalue weighted by Gasteiger charge is -2.24. The number of ketones is 1. The van der Waals surface area contributed by atoms with Crippen LogP contribution in [0.15, 0.2) is 18.2 Å². The molecule has 19 heavy (non-hydrogen) atoms. The molecule has 0 aromatic heterocycles. The summed E-state index contributed by atoms with van der Waals surface area (Å²) in [6, 6.07) is 6.31. The summed E-state index contributed by atoms with van der Waals surface area (Å²) in [4.78, 5) is 13.8. The Hall–Kier alpha value is -1.00. The molecule has 1 aromatic carbocycles. The molecule has 3 nitrogen and oxygen atoms in total. The molecular formula is C15H21NO2S. The van der Waals surface area contributed by atoms with Crippen molar-refractivity contribution in [2.24, 2.45) is 0 Å². The van der Waals surface area contributed by atoms with Crippen LogP contribution in [0.1, 0.15) is 29.3 Å². The van der Waals surface area contributed by atoms with Crippen LogP contribution >= 0.6 is 11.8 Å². The summed E-state index contributed by atoms with van der Waals surface area (Å²) in [6.07, 6.45) is 1.25. The van der Waals surface area contributed by atoms with Gasteiger partial charge in [0.15, 0.2) is 5.78 Å². The predicted molar refractivity (Wildman–Crippen MR) is 80.2 cm³/mol. The van der Waals surface area contributed by atoms with Crippen LogP contribution in [0.25, 0.3) is 0 Å². The number of carbonyl (C=O) groups excluding carboxylic acids is 1. The van der Waals surface area contributed by atoms with Crippen LogP contribution in [-0.4, -0.2) is 42.4 Å². The molecule has 1 atom stereocenters. The number of carbonyl (C=O) groups is 1. The van der Waals surface area contributed by atoms with Gasteiger partial charge >= 0.3 is 0 Å². The number of nitrogens with zero attached hydrogens (tertiary/aromatic N) is 1. The number of hydrogen-bond acceptors (Lipinski definition) is 4. The van der Waals surface area contributed by atoms with Crippen LogP contribution in [0.3, 0.4) is 0 Å². The first-order valence-corrected chi connectivity index (χ1v) is 7.73. The maximum absolute atomic E-state index is 11.5. The van der Waals surface area contributed by atoms with Gasteiger partial charge in [-0.25, -0.2) is 0 Å². The molecule has 2 rings (SSSR count). The van der Waals surface area contributed by atoms with Gasteiger partial charge in [-0.3, -0.25) is 9.69 Å². The molecule has 0 amide bonds. The highest BCUT2D eigenvalue weighted by atomic mass is 32.2. The molecule has 1 heterocycles. The molecule has 1 unspecified atom stereocenters. The van der Waals surface area contributed by atoms with Crippen LogP contribution in [0.5, 0.6) is 5.75 Å². The van der Waals surface area contributed by atoms with E-state index in [-0.39, 0.29) is 5.78 Å². The molecule has 1 aromatic rings. The molecule has 0 bridgehead atoms. The van der Waals surface area contributed by atoms with Gasteiger partial charge in [-0.15, -0.1) is 0 Å². The van der Waals surface area contributed by atoms with E-state index in [1.54, 1.807) is 14.0 Å². The molecule has 0 radical (unpaired) electrons. The van der Waals surface area contributed by atoms with Gasteiger partial charge in [0.2, 0.25) is 0 Å². The van der Waals surface area contributed by atoms with Crippen molar-refractivity contribution in [3.05, 3.63) is 29.3 Å². The largest absolute Gasteiger partial charge is 0.496 e. The van der Waals surface area contributed by atoms with Gasteiger partial charge in [0.1, 0.15) is 5.75 Å². The topological polar surface area (TPSA) is 29.5 Å². The second-order valence-corrected chi connectivity index (χ2v) is 6.17. The Kier molecular flexibility index (Phi) is 4.88. The van der Waals surface area contributed by atoms with Gasteiger partial charge in [-0.1, -0.05) is 0 Å². The zero-order chi connectivity index (χ0) is 13.8. The average Bonchev–Trinajstić information content (AvgIpc) is 2.92. The molecule has 4 heteroatoms. The number of benzene rings is 1. The van der Waals surface area contributed by atoms with Crippen molar-refractivity contribution in [3.63, 3.8) is 0 Å². The van der Waals surface area contributed by atoms with Crippen molar-refractivity contribution in [2.45, 2.75) is 25.9 Å². The van der Waals surface area contributed by atoms with E-state index in [1.807, 2.05) is 30.0 Å². The standard InChI is InChI=1S/C15H21NO2S/c1-11(17)12-4-5-15(18-3)13(8-12)9-16(2)14-6-7-19-10-14/h4-5,8,14H,6-7,9-10H2,1-3H3. The Morgan fingerprint density at radius 2 is 2.32 bits per heavy atom.